The predicted octanol–water partition coefficient (Wildman–Crippen LogP) is 3.61. The Morgan fingerprint density at radius 2 is 1.83 bits per heavy atom. The minimum Gasteiger partial charge on any atom is -0.378 e. The SMILES string of the molecule is CCNC(C1CCC(CC)CC1)C1CCOC1C. The normalized spacial score (nSPS) is 38.8. The van der Waals surface area contributed by atoms with Crippen LogP contribution in [-0.2, 0) is 4.74 Å². The van der Waals surface area contributed by atoms with Crippen molar-refractivity contribution in [2.45, 2.75) is 71.4 Å². The molecule has 1 aliphatic carbocycles. The number of hydrogen-bond acceptors (Lipinski definition) is 2. The Morgan fingerprint density at radius 3 is 2.33 bits per heavy atom. The summed E-state index contributed by atoms with van der Waals surface area (Å²) in [5, 5.41) is 3.78. The first-order chi connectivity index (χ1) is 8.76. The van der Waals surface area contributed by atoms with E-state index in [1.807, 2.05) is 0 Å². The molecule has 106 valence electrons. The fourth-order valence-electron chi connectivity index (χ4n) is 4.08. The molecule has 0 bridgehead atoms. The van der Waals surface area contributed by atoms with Crippen LogP contribution in [0.1, 0.15) is 59.3 Å². The predicted molar refractivity (Wildman–Crippen MR) is 76.7 cm³/mol. The minimum absolute atomic E-state index is 0.456. The van der Waals surface area contributed by atoms with Gasteiger partial charge in [0.2, 0.25) is 0 Å². The van der Waals surface area contributed by atoms with Crippen LogP contribution in [0.25, 0.3) is 0 Å². The highest BCUT2D eigenvalue weighted by Gasteiger charge is 2.37. The molecule has 0 spiro atoms. The van der Waals surface area contributed by atoms with Crippen molar-refractivity contribution in [1.29, 1.82) is 0 Å². The summed E-state index contributed by atoms with van der Waals surface area (Å²) in [6.07, 6.45) is 8.85. The topological polar surface area (TPSA) is 21.3 Å². The Balaban J connectivity index is 1.93. The van der Waals surface area contributed by atoms with Crippen LogP contribution in [0.15, 0.2) is 0 Å². The minimum atomic E-state index is 0.456. The molecule has 2 heteroatoms. The molecule has 3 unspecified atom stereocenters. The molecular formula is C16H31NO. The van der Waals surface area contributed by atoms with E-state index in [1.165, 1.54) is 38.5 Å². The summed E-state index contributed by atoms with van der Waals surface area (Å²) in [7, 11) is 0. The molecule has 3 atom stereocenters. The third-order valence-electron chi connectivity index (χ3n) is 5.31. The van der Waals surface area contributed by atoms with Crippen molar-refractivity contribution < 1.29 is 4.74 Å². The number of nitrogens with one attached hydrogen (secondary N) is 1. The van der Waals surface area contributed by atoms with Gasteiger partial charge in [0.15, 0.2) is 0 Å². The van der Waals surface area contributed by atoms with Crippen LogP contribution in [0.5, 0.6) is 0 Å². The molecule has 1 saturated heterocycles. The first-order valence-corrected chi connectivity index (χ1v) is 8.11. The molecule has 1 heterocycles. The molecule has 0 radical (unpaired) electrons. The van der Waals surface area contributed by atoms with Crippen LogP contribution in [-0.4, -0.2) is 25.3 Å². The quantitative estimate of drug-likeness (QED) is 0.808. The van der Waals surface area contributed by atoms with E-state index in [0.717, 1.165) is 30.9 Å². The van der Waals surface area contributed by atoms with Crippen LogP contribution in [0.4, 0.5) is 0 Å². The molecule has 2 rings (SSSR count). The lowest BCUT2D eigenvalue weighted by Crippen LogP contribution is -2.45. The zero-order chi connectivity index (χ0) is 13.0. The van der Waals surface area contributed by atoms with Gasteiger partial charge in [0.05, 0.1) is 6.10 Å². The van der Waals surface area contributed by atoms with Gasteiger partial charge in [-0.1, -0.05) is 33.1 Å². The molecule has 0 aromatic carbocycles. The lowest BCUT2D eigenvalue weighted by atomic mass is 9.73. The van der Waals surface area contributed by atoms with Crippen molar-refractivity contribution in [3.63, 3.8) is 0 Å². The zero-order valence-electron chi connectivity index (χ0n) is 12.5. The lowest BCUT2D eigenvalue weighted by molar-refractivity contribution is 0.0785. The molecule has 1 N–H and O–H groups in total. The molecular weight excluding hydrogens is 222 g/mol. The van der Waals surface area contributed by atoms with E-state index in [4.69, 9.17) is 4.74 Å². The smallest absolute Gasteiger partial charge is 0.0590 e. The maximum Gasteiger partial charge on any atom is 0.0590 e. The second-order valence-electron chi connectivity index (χ2n) is 6.30. The first kappa shape index (κ1) is 14.3. The molecule has 0 amide bonds. The number of rotatable bonds is 5. The average Bonchev–Trinajstić information content (AvgIpc) is 2.82. The van der Waals surface area contributed by atoms with E-state index in [-0.39, 0.29) is 0 Å². The molecule has 2 fully saturated rings. The molecule has 2 nitrogen and oxygen atoms in total. The van der Waals surface area contributed by atoms with Crippen LogP contribution in [0, 0.1) is 17.8 Å². The van der Waals surface area contributed by atoms with E-state index in [9.17, 15) is 0 Å². The van der Waals surface area contributed by atoms with Crippen molar-refractivity contribution in [2.24, 2.45) is 17.8 Å². The Labute approximate surface area is 113 Å². The van der Waals surface area contributed by atoms with Crippen LogP contribution in [0.3, 0.4) is 0 Å². The number of hydrogen-bond donors (Lipinski definition) is 1. The van der Waals surface area contributed by atoms with Crippen LogP contribution in [0.2, 0.25) is 0 Å². The van der Waals surface area contributed by atoms with Gasteiger partial charge in [0.25, 0.3) is 0 Å². The van der Waals surface area contributed by atoms with Crippen molar-refractivity contribution in [2.75, 3.05) is 13.2 Å². The van der Waals surface area contributed by atoms with Crippen molar-refractivity contribution in [3.8, 4) is 0 Å². The van der Waals surface area contributed by atoms with Gasteiger partial charge >= 0.3 is 0 Å². The standard InChI is InChI=1S/C16H31NO/c1-4-13-6-8-14(9-7-13)16(17-5-2)15-10-11-18-12(15)3/h12-17H,4-11H2,1-3H3. The average molecular weight is 253 g/mol. The molecule has 2 aliphatic rings. The van der Waals surface area contributed by atoms with Crippen LogP contribution < -0.4 is 5.32 Å². The van der Waals surface area contributed by atoms with E-state index >= 15 is 0 Å². The summed E-state index contributed by atoms with van der Waals surface area (Å²) in [4.78, 5) is 0. The Bertz CT molecular complexity index is 235. The van der Waals surface area contributed by atoms with Crippen molar-refractivity contribution in [1.82, 2.24) is 5.32 Å². The van der Waals surface area contributed by atoms with Crippen molar-refractivity contribution >= 4 is 0 Å². The maximum atomic E-state index is 5.79. The van der Waals surface area contributed by atoms with E-state index in [1.54, 1.807) is 0 Å². The highest BCUT2D eigenvalue weighted by Crippen LogP contribution is 2.37. The van der Waals surface area contributed by atoms with Gasteiger partial charge in [-0.3, -0.25) is 0 Å². The van der Waals surface area contributed by atoms with E-state index < -0.39 is 0 Å². The fourth-order valence-corrected chi connectivity index (χ4v) is 4.08. The number of ether oxygens (including phenoxy) is 1. The summed E-state index contributed by atoms with van der Waals surface area (Å²) in [5.74, 6) is 2.64. The third-order valence-corrected chi connectivity index (χ3v) is 5.31. The Kier molecular flexibility index (Phi) is 5.50. The summed E-state index contributed by atoms with van der Waals surface area (Å²) in [6.45, 7) is 8.92. The second kappa shape index (κ2) is 6.91. The van der Waals surface area contributed by atoms with Crippen molar-refractivity contribution in [3.05, 3.63) is 0 Å². The third kappa shape index (κ3) is 3.27. The molecule has 0 aromatic rings. The molecule has 0 aromatic heterocycles. The molecule has 1 saturated carbocycles. The lowest BCUT2D eigenvalue weighted by Gasteiger charge is -2.38. The first-order valence-electron chi connectivity index (χ1n) is 8.11. The second-order valence-corrected chi connectivity index (χ2v) is 6.30. The summed E-state index contributed by atoms with van der Waals surface area (Å²) >= 11 is 0. The Hall–Kier alpha value is -0.0800. The van der Waals surface area contributed by atoms with Gasteiger partial charge in [-0.15, -0.1) is 0 Å². The highest BCUT2D eigenvalue weighted by molar-refractivity contribution is 4.90. The largest absolute Gasteiger partial charge is 0.378 e. The maximum absolute atomic E-state index is 5.79. The van der Waals surface area contributed by atoms with Gasteiger partial charge in [0, 0.05) is 18.6 Å². The summed E-state index contributed by atoms with van der Waals surface area (Å²) in [5.41, 5.74) is 0. The van der Waals surface area contributed by atoms with E-state index in [2.05, 4.69) is 26.1 Å². The van der Waals surface area contributed by atoms with Gasteiger partial charge in [0.1, 0.15) is 0 Å². The van der Waals surface area contributed by atoms with Gasteiger partial charge in [-0.05, 0) is 44.6 Å². The van der Waals surface area contributed by atoms with Gasteiger partial charge in [-0.2, -0.15) is 0 Å². The van der Waals surface area contributed by atoms with E-state index in [0.29, 0.717) is 12.1 Å². The summed E-state index contributed by atoms with van der Waals surface area (Å²) in [6, 6.07) is 0.699. The monoisotopic (exact) mass is 253 g/mol. The molecule has 18 heavy (non-hydrogen) atoms. The van der Waals surface area contributed by atoms with Crippen LogP contribution >= 0.6 is 0 Å². The Morgan fingerprint density at radius 1 is 1.11 bits per heavy atom. The molecule has 1 aliphatic heterocycles. The van der Waals surface area contributed by atoms with Gasteiger partial charge < -0.3 is 10.1 Å². The highest BCUT2D eigenvalue weighted by atomic mass is 16.5. The summed E-state index contributed by atoms with van der Waals surface area (Å²) < 4.78 is 5.79. The van der Waals surface area contributed by atoms with Gasteiger partial charge in [-0.25, -0.2) is 0 Å². The zero-order valence-corrected chi connectivity index (χ0v) is 12.5. The fraction of sp³-hybridized carbons (Fsp3) is 1.00.